The molecular weight excluding hydrogens is 171 g/mol. The van der Waals surface area contributed by atoms with Crippen LogP contribution in [-0.4, -0.2) is 17.4 Å². The van der Waals surface area contributed by atoms with Crippen molar-refractivity contribution in [2.45, 2.75) is 0 Å². The summed E-state index contributed by atoms with van der Waals surface area (Å²) in [7, 11) is -1.93. The largest absolute Gasteiger partial charge is 0.707 e. The van der Waals surface area contributed by atoms with E-state index in [0.29, 0.717) is 0 Å². The van der Waals surface area contributed by atoms with Crippen molar-refractivity contribution in [2.75, 3.05) is 5.73 Å². The number of nitrogen functional groups attached to an aromatic ring is 1. The van der Waals surface area contributed by atoms with Crippen LogP contribution in [0.25, 0.3) is 0 Å². The Kier molecular flexibility index (Phi) is 2.74. The first-order valence-electron chi connectivity index (χ1n) is 3.46. The molecule has 0 unspecified atom stereocenters. The Balaban J connectivity index is 3.03. The highest BCUT2D eigenvalue weighted by Gasteiger charge is 2.14. The SMILES string of the molecule is N#Cc1cccc(OB(O)O)c1N. The first kappa shape index (κ1) is 9.38. The molecule has 1 aromatic rings. The number of rotatable bonds is 2. The van der Waals surface area contributed by atoms with E-state index >= 15 is 0 Å². The minimum absolute atomic E-state index is 0.0778. The highest BCUT2D eigenvalue weighted by molar-refractivity contribution is 6.34. The van der Waals surface area contributed by atoms with Gasteiger partial charge in [0, 0.05) is 0 Å². The highest BCUT2D eigenvalue weighted by Crippen LogP contribution is 2.24. The molecule has 0 bridgehead atoms. The molecule has 5 nitrogen and oxygen atoms in total. The van der Waals surface area contributed by atoms with Crippen LogP contribution < -0.4 is 10.4 Å². The molecule has 0 heterocycles. The Labute approximate surface area is 75.2 Å². The van der Waals surface area contributed by atoms with Gasteiger partial charge in [0.25, 0.3) is 0 Å². The third-order valence-electron chi connectivity index (χ3n) is 1.42. The Morgan fingerprint density at radius 1 is 1.46 bits per heavy atom. The van der Waals surface area contributed by atoms with Crippen molar-refractivity contribution in [2.24, 2.45) is 0 Å². The zero-order valence-electron chi connectivity index (χ0n) is 6.64. The Bertz CT molecular complexity index is 348. The number of nitrogens with two attached hydrogens (primary N) is 1. The molecule has 1 aromatic carbocycles. The summed E-state index contributed by atoms with van der Waals surface area (Å²) in [6, 6.07) is 6.32. The first-order chi connectivity index (χ1) is 6.15. The molecule has 4 N–H and O–H groups in total. The highest BCUT2D eigenvalue weighted by atomic mass is 16.6. The second-order valence-electron chi connectivity index (χ2n) is 2.27. The van der Waals surface area contributed by atoms with E-state index in [-0.39, 0.29) is 17.0 Å². The Hall–Kier alpha value is -1.71. The zero-order chi connectivity index (χ0) is 9.84. The van der Waals surface area contributed by atoms with Crippen molar-refractivity contribution >= 4 is 13.0 Å². The molecule has 0 aliphatic rings. The maximum Gasteiger partial charge on any atom is 0.707 e. The molecule has 0 aromatic heterocycles. The summed E-state index contributed by atoms with van der Waals surface area (Å²) < 4.78 is 4.52. The summed E-state index contributed by atoms with van der Waals surface area (Å²) in [4.78, 5) is 0. The molecule has 0 spiro atoms. The number of hydrogen-bond acceptors (Lipinski definition) is 5. The van der Waals surface area contributed by atoms with Crippen LogP contribution >= 0.6 is 0 Å². The van der Waals surface area contributed by atoms with E-state index in [4.69, 9.17) is 21.0 Å². The van der Waals surface area contributed by atoms with Crippen LogP contribution in [0.4, 0.5) is 5.69 Å². The van der Waals surface area contributed by atoms with E-state index in [2.05, 4.69) is 4.65 Å². The first-order valence-corrected chi connectivity index (χ1v) is 3.46. The molecule has 6 heteroatoms. The third-order valence-corrected chi connectivity index (χ3v) is 1.42. The second-order valence-corrected chi connectivity index (χ2v) is 2.27. The fourth-order valence-electron chi connectivity index (χ4n) is 0.858. The van der Waals surface area contributed by atoms with Gasteiger partial charge in [-0.05, 0) is 12.1 Å². The summed E-state index contributed by atoms with van der Waals surface area (Å²) in [6.45, 7) is 0. The number of benzene rings is 1. The quantitative estimate of drug-likeness (QED) is 0.418. The molecule has 0 saturated carbocycles. The summed E-state index contributed by atoms with van der Waals surface area (Å²) in [6.07, 6.45) is 0. The lowest BCUT2D eigenvalue weighted by Crippen LogP contribution is -2.21. The van der Waals surface area contributed by atoms with Gasteiger partial charge in [-0.1, -0.05) is 6.07 Å². The van der Waals surface area contributed by atoms with Crippen LogP contribution in [0, 0.1) is 11.3 Å². The van der Waals surface area contributed by atoms with Crippen molar-refractivity contribution in [1.82, 2.24) is 0 Å². The normalized spacial score (nSPS) is 9.00. The molecule has 0 aliphatic heterocycles. The zero-order valence-corrected chi connectivity index (χ0v) is 6.64. The summed E-state index contributed by atoms with van der Waals surface area (Å²) in [5, 5.41) is 25.5. The van der Waals surface area contributed by atoms with E-state index in [1.807, 2.05) is 6.07 Å². The number of para-hydroxylation sites is 1. The van der Waals surface area contributed by atoms with E-state index < -0.39 is 7.32 Å². The number of hydrogen-bond donors (Lipinski definition) is 3. The Morgan fingerprint density at radius 2 is 2.15 bits per heavy atom. The number of nitriles is 1. The molecule has 0 amide bonds. The molecule has 1 rings (SSSR count). The number of nitrogens with zero attached hydrogens (tertiary/aromatic N) is 1. The van der Waals surface area contributed by atoms with Crippen LogP contribution in [0.1, 0.15) is 5.56 Å². The average molecular weight is 178 g/mol. The van der Waals surface area contributed by atoms with Crippen molar-refractivity contribution in [3.05, 3.63) is 23.8 Å². The summed E-state index contributed by atoms with van der Waals surface area (Å²) in [5.41, 5.74) is 5.80. The predicted molar refractivity (Wildman–Crippen MR) is 46.4 cm³/mol. The van der Waals surface area contributed by atoms with E-state index in [0.717, 1.165) is 0 Å². The van der Waals surface area contributed by atoms with Gasteiger partial charge in [-0.25, -0.2) is 0 Å². The van der Waals surface area contributed by atoms with Gasteiger partial charge in [0.1, 0.15) is 11.8 Å². The Morgan fingerprint density at radius 3 is 2.69 bits per heavy atom. The maximum absolute atomic E-state index is 8.57. The van der Waals surface area contributed by atoms with Crippen LogP contribution in [0.3, 0.4) is 0 Å². The van der Waals surface area contributed by atoms with Gasteiger partial charge in [0.15, 0.2) is 0 Å². The van der Waals surface area contributed by atoms with Gasteiger partial charge in [-0.2, -0.15) is 5.26 Å². The molecule has 0 aliphatic carbocycles. The fraction of sp³-hybridized carbons (Fsp3) is 0. The third kappa shape index (κ3) is 2.12. The molecule has 0 atom stereocenters. The molecule has 0 fully saturated rings. The van der Waals surface area contributed by atoms with Crippen LogP contribution in [0.15, 0.2) is 18.2 Å². The monoisotopic (exact) mass is 178 g/mol. The minimum atomic E-state index is -1.93. The fourth-order valence-corrected chi connectivity index (χ4v) is 0.858. The molecule has 13 heavy (non-hydrogen) atoms. The van der Waals surface area contributed by atoms with Gasteiger partial charge < -0.3 is 20.4 Å². The molecule has 0 saturated heterocycles. The van der Waals surface area contributed by atoms with Crippen LogP contribution in [0.5, 0.6) is 5.75 Å². The maximum atomic E-state index is 8.57. The van der Waals surface area contributed by atoms with Gasteiger partial charge >= 0.3 is 7.32 Å². The van der Waals surface area contributed by atoms with Crippen molar-refractivity contribution in [3.63, 3.8) is 0 Å². The summed E-state index contributed by atoms with van der Waals surface area (Å²) >= 11 is 0. The second kappa shape index (κ2) is 3.80. The molecular formula is C7H7BN2O3. The van der Waals surface area contributed by atoms with Gasteiger partial charge in [0.05, 0.1) is 11.3 Å². The smallest absolute Gasteiger partial charge is 0.510 e. The van der Waals surface area contributed by atoms with E-state index in [1.165, 1.54) is 18.2 Å². The number of anilines is 1. The average Bonchev–Trinajstić information content (AvgIpc) is 2.08. The van der Waals surface area contributed by atoms with E-state index in [9.17, 15) is 0 Å². The van der Waals surface area contributed by atoms with E-state index in [1.54, 1.807) is 0 Å². The van der Waals surface area contributed by atoms with Gasteiger partial charge in [-0.15, -0.1) is 0 Å². The predicted octanol–water partition coefficient (Wildman–Crippen LogP) is -0.511. The van der Waals surface area contributed by atoms with Crippen molar-refractivity contribution in [1.29, 1.82) is 5.26 Å². The lowest BCUT2D eigenvalue weighted by Gasteiger charge is -2.07. The lowest BCUT2D eigenvalue weighted by molar-refractivity contribution is 0.289. The van der Waals surface area contributed by atoms with Crippen LogP contribution in [0.2, 0.25) is 0 Å². The van der Waals surface area contributed by atoms with Crippen LogP contribution in [-0.2, 0) is 0 Å². The van der Waals surface area contributed by atoms with Crippen molar-refractivity contribution < 1.29 is 14.7 Å². The molecule has 66 valence electrons. The summed E-state index contributed by atoms with van der Waals surface area (Å²) in [5.74, 6) is 0.0778. The lowest BCUT2D eigenvalue weighted by atomic mass is 10.1. The van der Waals surface area contributed by atoms with Gasteiger partial charge in [-0.3, -0.25) is 0 Å². The minimum Gasteiger partial charge on any atom is -0.510 e. The molecule has 0 radical (unpaired) electrons. The topological polar surface area (TPSA) is 99.5 Å². The van der Waals surface area contributed by atoms with Gasteiger partial charge in [0.2, 0.25) is 0 Å². The van der Waals surface area contributed by atoms with Crippen molar-refractivity contribution in [3.8, 4) is 11.8 Å². The standard InChI is InChI=1S/C7H7BN2O3/c9-4-5-2-1-3-6(7(5)10)13-8(11)12/h1-3,11-12H,10H2.